The van der Waals surface area contributed by atoms with E-state index in [4.69, 9.17) is 20.9 Å². The van der Waals surface area contributed by atoms with Crippen LogP contribution < -0.4 is 22.1 Å². The number of ether oxygens (including phenoxy) is 2. The van der Waals surface area contributed by atoms with Crippen LogP contribution in [-0.4, -0.2) is 128 Å². The number of carbonyl (C=O) groups excluding carboxylic acids is 1. The number of hydrogen-bond acceptors (Lipinski definition) is 15. The van der Waals surface area contributed by atoms with E-state index in [1.54, 1.807) is 17.2 Å². The van der Waals surface area contributed by atoms with Gasteiger partial charge in [-0.05, 0) is 68.4 Å². The Morgan fingerprint density at radius 1 is 0.885 bits per heavy atom. The number of hydrogen-bond donors (Lipinski definition) is 7. The van der Waals surface area contributed by atoms with Crippen molar-refractivity contribution in [2.24, 2.45) is 0 Å². The maximum atomic E-state index is 12.4. The van der Waals surface area contributed by atoms with Crippen molar-refractivity contribution in [3.05, 3.63) is 78.4 Å². The summed E-state index contributed by atoms with van der Waals surface area (Å²) in [7, 11) is 0. The van der Waals surface area contributed by atoms with E-state index in [0.29, 0.717) is 47.8 Å². The average Bonchev–Trinajstić information content (AvgIpc) is 4.02. The van der Waals surface area contributed by atoms with Crippen molar-refractivity contribution in [2.75, 3.05) is 43.0 Å². The number of aliphatic hydroxyl groups is 3. The largest absolute Gasteiger partial charge is 0.392 e. The highest BCUT2D eigenvalue weighted by molar-refractivity contribution is 5.89. The number of nitrogens with two attached hydrogens (primary N) is 2. The molecule has 6 atom stereocenters. The van der Waals surface area contributed by atoms with Crippen LogP contribution in [0.5, 0.6) is 0 Å². The Morgan fingerprint density at radius 3 is 2.05 bits per heavy atom. The van der Waals surface area contributed by atoms with Crippen molar-refractivity contribution in [1.29, 1.82) is 0 Å². The molecule has 1 saturated heterocycles. The Bertz CT molecular complexity index is 2400. The van der Waals surface area contributed by atoms with Crippen LogP contribution in [0.1, 0.15) is 72.5 Å². The van der Waals surface area contributed by atoms with Crippen molar-refractivity contribution in [3.8, 4) is 0 Å². The van der Waals surface area contributed by atoms with Crippen LogP contribution in [0.15, 0.2) is 72.9 Å². The first kappa shape index (κ1) is 43.5. The molecule has 3 aliphatic rings. The molecule has 9 N–H and O–H groups in total. The first-order chi connectivity index (χ1) is 29.0. The molecule has 5 aromatic rings. The molecule has 0 saturated carbocycles. The maximum absolute atomic E-state index is 12.4. The summed E-state index contributed by atoms with van der Waals surface area (Å²) in [5, 5.41) is 37.0. The summed E-state index contributed by atoms with van der Waals surface area (Å²) >= 11 is 0. The van der Waals surface area contributed by atoms with Gasteiger partial charge in [0.2, 0.25) is 0 Å². The minimum atomic E-state index is -1.04. The molecule has 19 heteroatoms. The number of rotatable bonds is 11. The lowest BCUT2D eigenvalue weighted by Gasteiger charge is -2.28. The minimum Gasteiger partial charge on any atom is -0.392 e. The van der Waals surface area contributed by atoms with Gasteiger partial charge in [-0.2, -0.15) is 0 Å². The second kappa shape index (κ2) is 17.4. The molecule has 0 radical (unpaired) electrons. The molecule has 61 heavy (non-hydrogen) atoms. The quantitative estimate of drug-likeness (QED) is 0.0744. The van der Waals surface area contributed by atoms with Gasteiger partial charge in [0.15, 0.2) is 28.7 Å². The molecule has 8 rings (SSSR count). The van der Waals surface area contributed by atoms with Crippen molar-refractivity contribution in [2.45, 2.75) is 109 Å². The zero-order valence-corrected chi connectivity index (χ0v) is 35.6. The fraction of sp³-hybridized carbons (Fsp3) is 0.500. The zero-order chi connectivity index (χ0) is 43.8. The van der Waals surface area contributed by atoms with Gasteiger partial charge in [-0.1, -0.05) is 45.1 Å². The van der Waals surface area contributed by atoms with E-state index < -0.39 is 24.0 Å². The SMILES string of the molecule is CC(C)N(CCCNC(=O)Nc1ccc(C(C)(C)C)cc1)CC1=C[C@@H](n2cnc3c(N)ncnc32)[C@H](O)[C@@H]1O.CC1(C)O[C@@H]2[C@H](O1)C(CO)=C[C@H]2n1cnc2c(N)ncnc21. The Balaban J connectivity index is 0.000000214. The van der Waals surface area contributed by atoms with Crippen molar-refractivity contribution in [1.82, 2.24) is 49.3 Å². The molecule has 1 fully saturated rings. The highest BCUT2D eigenvalue weighted by Gasteiger charge is 2.50. The van der Waals surface area contributed by atoms with Crippen molar-refractivity contribution >= 4 is 45.7 Å². The molecular formula is C42H57N13O6. The Labute approximate surface area is 353 Å². The normalized spacial score (nSPS) is 23.3. The van der Waals surface area contributed by atoms with Crippen LogP contribution in [-0.2, 0) is 14.9 Å². The number of anilines is 3. The van der Waals surface area contributed by atoms with Gasteiger partial charge in [0.1, 0.15) is 48.1 Å². The van der Waals surface area contributed by atoms with Crippen LogP contribution in [0.3, 0.4) is 0 Å². The van der Waals surface area contributed by atoms with Crippen LogP contribution >= 0.6 is 0 Å². The lowest BCUT2D eigenvalue weighted by atomic mass is 9.87. The Morgan fingerprint density at radius 2 is 1.48 bits per heavy atom. The fourth-order valence-corrected chi connectivity index (χ4v) is 7.97. The summed E-state index contributed by atoms with van der Waals surface area (Å²) in [6.45, 7) is 16.0. The first-order valence-electron chi connectivity index (χ1n) is 20.4. The highest BCUT2D eigenvalue weighted by Crippen LogP contribution is 2.44. The first-order valence-corrected chi connectivity index (χ1v) is 20.4. The summed E-state index contributed by atoms with van der Waals surface area (Å²) in [4.78, 5) is 39.6. The number of fused-ring (bicyclic) bond motifs is 3. The number of imidazole rings is 2. The number of carbonyl (C=O) groups is 1. The zero-order valence-electron chi connectivity index (χ0n) is 35.6. The summed E-state index contributed by atoms with van der Waals surface area (Å²) in [5.41, 5.74) is 17.5. The number of nitrogens with zero attached hydrogens (tertiary/aromatic N) is 9. The van der Waals surface area contributed by atoms with Gasteiger partial charge >= 0.3 is 6.03 Å². The fourth-order valence-electron chi connectivity index (χ4n) is 7.97. The number of aromatic nitrogens is 8. The number of urea groups is 1. The van der Waals surface area contributed by atoms with E-state index in [1.807, 2.05) is 54.8 Å². The number of nitrogens with one attached hydrogen (secondary N) is 2. The van der Waals surface area contributed by atoms with Gasteiger partial charge in [-0.25, -0.2) is 34.7 Å². The second-order valence-electron chi connectivity index (χ2n) is 17.4. The van der Waals surface area contributed by atoms with E-state index in [9.17, 15) is 20.1 Å². The molecule has 1 aromatic carbocycles. The molecule has 326 valence electrons. The van der Waals surface area contributed by atoms with E-state index >= 15 is 0 Å². The molecule has 5 heterocycles. The molecule has 19 nitrogen and oxygen atoms in total. The van der Waals surface area contributed by atoms with E-state index in [-0.39, 0.29) is 48.2 Å². The van der Waals surface area contributed by atoms with Gasteiger partial charge in [0, 0.05) is 31.4 Å². The average molecular weight is 840 g/mol. The smallest absolute Gasteiger partial charge is 0.319 e. The third kappa shape index (κ3) is 9.21. The lowest BCUT2D eigenvalue weighted by Crippen LogP contribution is -2.38. The van der Waals surface area contributed by atoms with Crippen LogP contribution in [0.2, 0.25) is 0 Å². The monoisotopic (exact) mass is 839 g/mol. The number of benzene rings is 1. The molecular weight excluding hydrogens is 783 g/mol. The maximum Gasteiger partial charge on any atom is 0.319 e. The van der Waals surface area contributed by atoms with Gasteiger partial charge in [0.25, 0.3) is 0 Å². The number of nitrogen functional groups attached to an aromatic ring is 2. The van der Waals surface area contributed by atoms with Crippen LogP contribution in [0.25, 0.3) is 22.3 Å². The lowest BCUT2D eigenvalue weighted by molar-refractivity contribution is -0.148. The highest BCUT2D eigenvalue weighted by atomic mass is 16.8. The second-order valence-corrected chi connectivity index (χ2v) is 17.4. The number of aliphatic hydroxyl groups excluding tert-OH is 3. The molecule has 1 aliphatic heterocycles. The van der Waals surface area contributed by atoms with Crippen molar-refractivity contribution in [3.63, 3.8) is 0 Å². The van der Waals surface area contributed by atoms with Crippen LogP contribution in [0.4, 0.5) is 22.1 Å². The van der Waals surface area contributed by atoms with E-state index in [0.717, 1.165) is 23.3 Å². The van der Waals surface area contributed by atoms with Gasteiger partial charge in [-0.15, -0.1) is 0 Å². The summed E-state index contributed by atoms with van der Waals surface area (Å²) < 4.78 is 15.5. The van der Waals surface area contributed by atoms with Gasteiger partial charge in [0.05, 0.1) is 31.3 Å². The Kier molecular flexibility index (Phi) is 12.4. The van der Waals surface area contributed by atoms with Gasteiger partial charge < -0.3 is 56.0 Å². The van der Waals surface area contributed by atoms with E-state index in [1.165, 1.54) is 18.2 Å². The minimum absolute atomic E-state index is 0.0595. The molecule has 2 aliphatic carbocycles. The molecule has 0 unspecified atom stereocenters. The van der Waals surface area contributed by atoms with E-state index in [2.05, 4.69) is 80.1 Å². The Hall–Kier alpha value is -5.57. The predicted octanol–water partition coefficient (Wildman–Crippen LogP) is 3.23. The third-order valence-corrected chi connectivity index (χ3v) is 11.3. The summed E-state index contributed by atoms with van der Waals surface area (Å²) in [5.74, 6) is -0.0802. The standard InChI is InChI=1S/C28H40N8O3.C14H17N5O3/c1-17(2)35(12-6-11-30-27(39)34-20-9-7-19(8-10-20)28(3,4)5)14-18-13-21(24(38)23(18)37)36-16-33-22-25(29)31-15-32-26(22)36;1-14(2)21-10-7(4-20)3-8(11(10)22-14)19-6-18-9-12(15)16-5-17-13(9)19/h7-10,13,15-17,21,23-24,37-38H,6,11-12,14H2,1-5H3,(H2,29,31,32)(H2,30,34,39);3,5-6,8,10-11,20H,4H2,1-2H3,(H2,15,16,17)/t21-,23-,24+;8-,10-,11+/m11/s1. The molecule has 2 amide bonds. The van der Waals surface area contributed by atoms with Crippen LogP contribution in [0, 0.1) is 0 Å². The number of amides is 2. The predicted molar refractivity (Wildman–Crippen MR) is 230 cm³/mol. The molecule has 0 bridgehead atoms. The molecule has 0 spiro atoms. The summed E-state index contributed by atoms with van der Waals surface area (Å²) in [6.07, 6.45) is 8.01. The van der Waals surface area contributed by atoms with Gasteiger partial charge in [-0.3, -0.25) is 4.90 Å². The summed E-state index contributed by atoms with van der Waals surface area (Å²) in [6, 6.07) is 7.16. The molecule has 4 aromatic heterocycles. The third-order valence-electron chi connectivity index (χ3n) is 11.3. The topological polar surface area (TPSA) is 263 Å². The van der Waals surface area contributed by atoms with Crippen molar-refractivity contribution < 1.29 is 29.6 Å².